The molecular weight excluding hydrogens is 180 g/mol. The van der Waals surface area contributed by atoms with Crippen LogP contribution in [0.1, 0.15) is 47.5 Å². The second kappa shape index (κ2) is 5.13. The number of carbonyl (C=O) groups is 2. The quantitative estimate of drug-likeness (QED) is 0.516. The summed E-state index contributed by atoms with van der Waals surface area (Å²) in [5.41, 5.74) is -0.464. The molecule has 0 bridgehead atoms. The first-order chi connectivity index (χ1) is 6.27. The summed E-state index contributed by atoms with van der Waals surface area (Å²) in [5, 5.41) is 0. The molecule has 3 nitrogen and oxygen atoms in total. The van der Waals surface area contributed by atoms with Crippen molar-refractivity contribution in [2.24, 2.45) is 5.41 Å². The van der Waals surface area contributed by atoms with E-state index in [1.165, 1.54) is 0 Å². The molecule has 0 aliphatic carbocycles. The Hall–Kier alpha value is -0.860. The van der Waals surface area contributed by atoms with Crippen LogP contribution in [0.3, 0.4) is 0 Å². The van der Waals surface area contributed by atoms with Crippen LogP contribution in [0.4, 0.5) is 0 Å². The lowest BCUT2D eigenvalue weighted by Crippen LogP contribution is -2.25. The number of rotatable bonds is 4. The van der Waals surface area contributed by atoms with Crippen LogP contribution in [0.15, 0.2) is 0 Å². The molecule has 0 rings (SSSR count). The number of ketones is 1. The van der Waals surface area contributed by atoms with E-state index >= 15 is 0 Å². The summed E-state index contributed by atoms with van der Waals surface area (Å²) in [7, 11) is 0. The number of Topliss-reactive ketones (excluding diaryl/α,β-unsaturated/α-hetero) is 1. The number of ether oxygens (including phenoxy) is 1. The molecule has 0 fully saturated rings. The van der Waals surface area contributed by atoms with Gasteiger partial charge in [-0.25, -0.2) is 0 Å². The van der Waals surface area contributed by atoms with Crippen LogP contribution in [-0.2, 0) is 14.3 Å². The van der Waals surface area contributed by atoms with Crippen LogP contribution >= 0.6 is 0 Å². The van der Waals surface area contributed by atoms with E-state index in [4.69, 9.17) is 4.74 Å². The fourth-order valence-corrected chi connectivity index (χ4v) is 0.746. The van der Waals surface area contributed by atoms with Crippen molar-refractivity contribution in [2.75, 3.05) is 0 Å². The first-order valence-electron chi connectivity index (χ1n) is 5.00. The molecule has 0 heterocycles. The Bertz CT molecular complexity index is 213. The first kappa shape index (κ1) is 13.1. The number of hydrogen-bond donors (Lipinski definition) is 0. The van der Waals surface area contributed by atoms with Crippen molar-refractivity contribution in [3.8, 4) is 0 Å². The fourth-order valence-electron chi connectivity index (χ4n) is 0.746. The molecular formula is C11H20O3. The summed E-state index contributed by atoms with van der Waals surface area (Å²) >= 11 is 0. The van der Waals surface area contributed by atoms with Gasteiger partial charge in [-0.2, -0.15) is 0 Å². The minimum Gasteiger partial charge on any atom is -0.462 e. The van der Waals surface area contributed by atoms with E-state index in [0.29, 0.717) is 0 Å². The predicted octanol–water partition coefficient (Wildman–Crippen LogP) is 2.33. The first-order valence-corrected chi connectivity index (χ1v) is 5.00. The van der Waals surface area contributed by atoms with Crippen molar-refractivity contribution >= 4 is 11.8 Å². The number of carbonyl (C=O) groups excluding carboxylic acids is 2. The van der Waals surface area contributed by atoms with Crippen LogP contribution in [-0.4, -0.2) is 17.9 Å². The van der Waals surface area contributed by atoms with Crippen LogP contribution in [0.5, 0.6) is 0 Å². The van der Waals surface area contributed by atoms with Gasteiger partial charge in [-0.05, 0) is 13.3 Å². The Morgan fingerprint density at radius 3 is 2.14 bits per heavy atom. The van der Waals surface area contributed by atoms with Gasteiger partial charge in [0.2, 0.25) is 0 Å². The van der Waals surface area contributed by atoms with E-state index in [2.05, 4.69) is 0 Å². The molecule has 14 heavy (non-hydrogen) atoms. The zero-order valence-electron chi connectivity index (χ0n) is 9.72. The van der Waals surface area contributed by atoms with Gasteiger partial charge in [-0.15, -0.1) is 0 Å². The topological polar surface area (TPSA) is 43.4 Å². The molecule has 0 aromatic rings. The Morgan fingerprint density at radius 1 is 1.29 bits per heavy atom. The fraction of sp³-hybridized carbons (Fsp3) is 0.818. The monoisotopic (exact) mass is 200 g/mol. The lowest BCUT2D eigenvalue weighted by molar-refractivity contribution is -0.151. The van der Waals surface area contributed by atoms with Crippen molar-refractivity contribution in [3.63, 3.8) is 0 Å². The molecule has 0 aromatic carbocycles. The zero-order chi connectivity index (χ0) is 11.4. The number of esters is 1. The highest BCUT2D eigenvalue weighted by molar-refractivity contribution is 5.98. The van der Waals surface area contributed by atoms with Crippen molar-refractivity contribution in [1.29, 1.82) is 0 Å². The molecule has 0 saturated heterocycles. The highest BCUT2D eigenvalue weighted by atomic mass is 16.5. The van der Waals surface area contributed by atoms with E-state index in [1.807, 2.05) is 13.8 Å². The van der Waals surface area contributed by atoms with Gasteiger partial charge in [0, 0.05) is 5.41 Å². The van der Waals surface area contributed by atoms with Crippen LogP contribution in [0.2, 0.25) is 0 Å². The molecule has 1 unspecified atom stereocenters. The van der Waals surface area contributed by atoms with Gasteiger partial charge in [0.1, 0.15) is 12.2 Å². The summed E-state index contributed by atoms with van der Waals surface area (Å²) < 4.78 is 5.01. The lowest BCUT2D eigenvalue weighted by Gasteiger charge is -2.17. The Kier molecular flexibility index (Phi) is 4.81. The molecule has 0 radical (unpaired) electrons. The van der Waals surface area contributed by atoms with Gasteiger partial charge in [0.25, 0.3) is 0 Å². The van der Waals surface area contributed by atoms with Gasteiger partial charge in [0.05, 0.1) is 6.10 Å². The Morgan fingerprint density at radius 2 is 1.79 bits per heavy atom. The summed E-state index contributed by atoms with van der Waals surface area (Å²) in [4.78, 5) is 22.7. The molecule has 0 aliphatic heterocycles. The predicted molar refractivity (Wildman–Crippen MR) is 54.9 cm³/mol. The van der Waals surface area contributed by atoms with Gasteiger partial charge in [-0.3, -0.25) is 9.59 Å². The van der Waals surface area contributed by atoms with Gasteiger partial charge < -0.3 is 4.74 Å². The standard InChI is InChI=1S/C11H20O3/c1-6-8(2)14-10(13)7-9(12)11(3,4)5/h8H,6-7H2,1-5H3. The molecule has 0 amide bonds. The average Bonchev–Trinajstić information content (AvgIpc) is 2.02. The van der Waals surface area contributed by atoms with E-state index in [9.17, 15) is 9.59 Å². The summed E-state index contributed by atoms with van der Waals surface area (Å²) in [6.45, 7) is 9.15. The normalized spacial score (nSPS) is 13.5. The van der Waals surface area contributed by atoms with Crippen LogP contribution in [0.25, 0.3) is 0 Å². The molecule has 1 atom stereocenters. The SMILES string of the molecule is CCC(C)OC(=O)CC(=O)C(C)(C)C. The minimum absolute atomic E-state index is 0.0780. The van der Waals surface area contributed by atoms with Crippen molar-refractivity contribution in [3.05, 3.63) is 0 Å². The third kappa shape index (κ3) is 5.00. The second-order valence-electron chi connectivity index (χ2n) is 4.56. The second-order valence-corrected chi connectivity index (χ2v) is 4.56. The van der Waals surface area contributed by atoms with Gasteiger partial charge >= 0.3 is 5.97 Å². The molecule has 0 aromatic heterocycles. The smallest absolute Gasteiger partial charge is 0.313 e. The van der Waals surface area contributed by atoms with E-state index < -0.39 is 11.4 Å². The summed E-state index contributed by atoms with van der Waals surface area (Å²) in [6.07, 6.45) is 0.554. The highest BCUT2D eigenvalue weighted by Gasteiger charge is 2.24. The molecule has 0 saturated carbocycles. The van der Waals surface area contributed by atoms with E-state index in [-0.39, 0.29) is 18.3 Å². The third-order valence-electron chi connectivity index (χ3n) is 2.05. The Labute approximate surface area is 85.8 Å². The maximum atomic E-state index is 11.4. The lowest BCUT2D eigenvalue weighted by atomic mass is 9.89. The summed E-state index contributed by atoms with van der Waals surface area (Å²) in [5.74, 6) is -0.495. The molecule has 3 heteroatoms. The van der Waals surface area contributed by atoms with Crippen molar-refractivity contribution in [2.45, 2.75) is 53.6 Å². The Balaban J connectivity index is 4.02. The van der Waals surface area contributed by atoms with Crippen molar-refractivity contribution in [1.82, 2.24) is 0 Å². The molecule has 0 aliphatic rings. The largest absolute Gasteiger partial charge is 0.462 e. The van der Waals surface area contributed by atoms with Crippen LogP contribution < -0.4 is 0 Å². The van der Waals surface area contributed by atoms with Gasteiger partial charge in [-0.1, -0.05) is 27.7 Å². The highest BCUT2D eigenvalue weighted by Crippen LogP contribution is 2.17. The molecule has 0 spiro atoms. The summed E-state index contributed by atoms with van der Waals surface area (Å²) in [6, 6.07) is 0. The maximum Gasteiger partial charge on any atom is 0.313 e. The zero-order valence-corrected chi connectivity index (χ0v) is 9.72. The van der Waals surface area contributed by atoms with Gasteiger partial charge in [0.15, 0.2) is 0 Å². The molecule has 82 valence electrons. The minimum atomic E-state index is -0.464. The number of hydrogen-bond acceptors (Lipinski definition) is 3. The van der Waals surface area contributed by atoms with Crippen LogP contribution in [0, 0.1) is 5.41 Å². The maximum absolute atomic E-state index is 11.4. The van der Waals surface area contributed by atoms with Crippen molar-refractivity contribution < 1.29 is 14.3 Å². The average molecular weight is 200 g/mol. The van der Waals surface area contributed by atoms with E-state index in [0.717, 1.165) is 6.42 Å². The third-order valence-corrected chi connectivity index (χ3v) is 2.05. The van der Waals surface area contributed by atoms with E-state index in [1.54, 1.807) is 20.8 Å². The molecule has 0 N–H and O–H groups in total.